The molecular weight excluding hydrogens is 429 g/mol. The molecule has 160 valence electrons. The predicted molar refractivity (Wildman–Crippen MR) is 120 cm³/mol. The number of H-pyrrole nitrogens is 1. The number of aromatic nitrogens is 4. The van der Waals surface area contributed by atoms with E-state index in [9.17, 15) is 9.18 Å². The van der Waals surface area contributed by atoms with Crippen molar-refractivity contribution in [1.82, 2.24) is 25.1 Å². The lowest BCUT2D eigenvalue weighted by Crippen LogP contribution is -2.24. The molecule has 2 aromatic carbocycles. The molecule has 5 rings (SSSR count). The Bertz CT molecular complexity index is 1360. The van der Waals surface area contributed by atoms with Crippen molar-refractivity contribution in [1.29, 1.82) is 0 Å². The van der Waals surface area contributed by atoms with Gasteiger partial charge in [-0.05, 0) is 42.5 Å². The Morgan fingerprint density at radius 3 is 2.75 bits per heavy atom. The summed E-state index contributed by atoms with van der Waals surface area (Å²) in [6.45, 7) is 0.317. The number of para-hydroxylation sites is 1. The van der Waals surface area contributed by atoms with Crippen LogP contribution in [0.15, 0.2) is 82.7 Å². The van der Waals surface area contributed by atoms with Crippen molar-refractivity contribution in [2.24, 2.45) is 0 Å². The third-order valence-electron chi connectivity index (χ3n) is 4.92. The van der Waals surface area contributed by atoms with Crippen LogP contribution in [0.3, 0.4) is 0 Å². The van der Waals surface area contributed by atoms with Gasteiger partial charge in [-0.1, -0.05) is 30.0 Å². The first kappa shape index (κ1) is 20.1. The van der Waals surface area contributed by atoms with E-state index in [1.54, 1.807) is 30.5 Å². The second kappa shape index (κ2) is 8.72. The SMILES string of the molecule is O=C(CSc1nnc(-c2c[nH]c3ccccc23)n1-c1ccc(F)cc1)NCc1ccco1. The quantitative estimate of drug-likeness (QED) is 0.357. The highest BCUT2D eigenvalue weighted by molar-refractivity contribution is 7.99. The first-order chi connectivity index (χ1) is 15.7. The average molecular weight is 447 g/mol. The van der Waals surface area contributed by atoms with E-state index in [0.29, 0.717) is 29.0 Å². The minimum Gasteiger partial charge on any atom is -0.467 e. The van der Waals surface area contributed by atoms with E-state index in [1.807, 2.05) is 35.0 Å². The Kier molecular flexibility index (Phi) is 5.47. The zero-order valence-electron chi connectivity index (χ0n) is 16.8. The van der Waals surface area contributed by atoms with Gasteiger partial charge < -0.3 is 14.7 Å². The minimum atomic E-state index is -0.332. The Hall–Kier alpha value is -3.85. The number of carbonyl (C=O) groups is 1. The van der Waals surface area contributed by atoms with Crippen molar-refractivity contribution < 1.29 is 13.6 Å². The second-order valence-electron chi connectivity index (χ2n) is 7.01. The van der Waals surface area contributed by atoms with Crippen LogP contribution in [-0.4, -0.2) is 31.4 Å². The Labute approximate surface area is 186 Å². The van der Waals surface area contributed by atoms with Gasteiger partial charge >= 0.3 is 0 Å². The molecule has 3 heterocycles. The van der Waals surface area contributed by atoms with E-state index in [4.69, 9.17) is 4.42 Å². The largest absolute Gasteiger partial charge is 0.467 e. The maximum absolute atomic E-state index is 13.6. The number of hydrogen-bond donors (Lipinski definition) is 2. The summed E-state index contributed by atoms with van der Waals surface area (Å²) in [5.74, 6) is 0.941. The molecule has 3 aromatic heterocycles. The van der Waals surface area contributed by atoms with Crippen molar-refractivity contribution in [2.45, 2.75) is 11.7 Å². The molecule has 9 heteroatoms. The topological polar surface area (TPSA) is 88.7 Å². The summed E-state index contributed by atoms with van der Waals surface area (Å²) in [6.07, 6.45) is 3.44. The molecule has 0 aliphatic rings. The molecule has 7 nitrogen and oxygen atoms in total. The maximum atomic E-state index is 13.6. The maximum Gasteiger partial charge on any atom is 0.230 e. The zero-order valence-corrected chi connectivity index (χ0v) is 17.6. The van der Waals surface area contributed by atoms with E-state index < -0.39 is 0 Å². The van der Waals surface area contributed by atoms with Crippen LogP contribution < -0.4 is 5.32 Å². The molecule has 0 fully saturated rings. The summed E-state index contributed by atoms with van der Waals surface area (Å²) in [7, 11) is 0. The molecule has 0 saturated heterocycles. The van der Waals surface area contributed by atoms with Gasteiger partial charge in [0, 0.05) is 28.4 Å². The van der Waals surface area contributed by atoms with Gasteiger partial charge in [0.05, 0.1) is 18.6 Å². The molecule has 0 aliphatic heterocycles. The molecule has 2 N–H and O–H groups in total. The predicted octanol–water partition coefficient (Wildman–Crippen LogP) is 4.56. The van der Waals surface area contributed by atoms with Crippen molar-refractivity contribution in [3.8, 4) is 17.1 Å². The fraction of sp³-hybridized carbons (Fsp3) is 0.0870. The van der Waals surface area contributed by atoms with Gasteiger partial charge in [0.25, 0.3) is 0 Å². The molecule has 0 spiro atoms. The molecule has 1 amide bonds. The third-order valence-corrected chi connectivity index (χ3v) is 5.85. The van der Waals surface area contributed by atoms with Crippen LogP contribution in [0.2, 0.25) is 0 Å². The lowest BCUT2D eigenvalue weighted by molar-refractivity contribution is -0.118. The normalized spacial score (nSPS) is 11.2. The number of furan rings is 1. The van der Waals surface area contributed by atoms with Crippen molar-refractivity contribution in [3.63, 3.8) is 0 Å². The lowest BCUT2D eigenvalue weighted by Gasteiger charge is -2.10. The Morgan fingerprint density at radius 2 is 1.94 bits per heavy atom. The molecule has 0 unspecified atom stereocenters. The number of nitrogens with one attached hydrogen (secondary N) is 2. The first-order valence-electron chi connectivity index (χ1n) is 9.89. The number of aromatic amines is 1. The van der Waals surface area contributed by atoms with E-state index in [2.05, 4.69) is 20.5 Å². The van der Waals surface area contributed by atoms with E-state index >= 15 is 0 Å². The number of benzene rings is 2. The van der Waals surface area contributed by atoms with E-state index in [1.165, 1.54) is 23.9 Å². The zero-order chi connectivity index (χ0) is 21.9. The van der Waals surface area contributed by atoms with Crippen molar-refractivity contribution in [3.05, 3.63) is 84.7 Å². The highest BCUT2D eigenvalue weighted by Crippen LogP contribution is 2.32. The number of rotatable bonds is 7. The van der Waals surface area contributed by atoms with Crippen LogP contribution in [0, 0.1) is 5.82 Å². The summed E-state index contributed by atoms with van der Waals surface area (Å²) in [6, 6.07) is 17.6. The molecule has 0 aliphatic carbocycles. The van der Waals surface area contributed by atoms with Gasteiger partial charge in [-0.25, -0.2) is 4.39 Å². The fourth-order valence-corrected chi connectivity index (χ4v) is 4.18. The number of halogens is 1. The molecule has 0 radical (unpaired) electrons. The Morgan fingerprint density at radius 1 is 1.09 bits per heavy atom. The molecule has 5 aromatic rings. The highest BCUT2D eigenvalue weighted by Gasteiger charge is 2.19. The summed E-state index contributed by atoms with van der Waals surface area (Å²) in [5, 5.41) is 13.1. The first-order valence-corrected chi connectivity index (χ1v) is 10.9. The molecule has 0 atom stereocenters. The van der Waals surface area contributed by atoms with Crippen molar-refractivity contribution in [2.75, 3.05) is 5.75 Å². The summed E-state index contributed by atoms with van der Waals surface area (Å²) >= 11 is 1.26. The number of amides is 1. The van der Waals surface area contributed by atoms with Gasteiger partial charge in [0.1, 0.15) is 11.6 Å². The Balaban J connectivity index is 1.45. The third kappa shape index (κ3) is 4.02. The van der Waals surface area contributed by atoms with E-state index in [0.717, 1.165) is 16.5 Å². The van der Waals surface area contributed by atoms with Gasteiger partial charge in [-0.2, -0.15) is 0 Å². The molecule has 32 heavy (non-hydrogen) atoms. The number of nitrogens with zero attached hydrogens (tertiary/aromatic N) is 3. The van der Waals surface area contributed by atoms with Crippen LogP contribution in [0.25, 0.3) is 28.0 Å². The molecule has 0 saturated carbocycles. The number of fused-ring (bicyclic) bond motifs is 1. The highest BCUT2D eigenvalue weighted by atomic mass is 32.2. The smallest absolute Gasteiger partial charge is 0.230 e. The van der Waals surface area contributed by atoms with Gasteiger partial charge in [0.15, 0.2) is 11.0 Å². The van der Waals surface area contributed by atoms with Crippen LogP contribution in [0.5, 0.6) is 0 Å². The number of carbonyl (C=O) groups excluding carboxylic acids is 1. The minimum absolute atomic E-state index is 0.147. The van der Waals surface area contributed by atoms with Gasteiger partial charge in [0.2, 0.25) is 5.91 Å². The van der Waals surface area contributed by atoms with Gasteiger partial charge in [-0.3, -0.25) is 9.36 Å². The van der Waals surface area contributed by atoms with Crippen LogP contribution in [-0.2, 0) is 11.3 Å². The standard InChI is InChI=1S/C23H18FN5O2S/c24-15-7-9-16(10-8-15)29-22(19-13-25-20-6-2-1-5-18(19)20)27-28-23(29)32-14-21(30)26-12-17-4-3-11-31-17/h1-11,13,25H,12,14H2,(H,26,30). The average Bonchev–Trinajstić information content (AvgIpc) is 3.56. The summed E-state index contributed by atoms with van der Waals surface area (Å²) in [4.78, 5) is 15.6. The second-order valence-corrected chi connectivity index (χ2v) is 7.95. The monoisotopic (exact) mass is 447 g/mol. The van der Waals surface area contributed by atoms with Gasteiger partial charge in [-0.15, -0.1) is 10.2 Å². The lowest BCUT2D eigenvalue weighted by atomic mass is 10.1. The summed E-state index contributed by atoms with van der Waals surface area (Å²) in [5.41, 5.74) is 2.55. The van der Waals surface area contributed by atoms with Crippen LogP contribution >= 0.6 is 11.8 Å². The van der Waals surface area contributed by atoms with E-state index in [-0.39, 0.29) is 17.5 Å². The fourth-order valence-electron chi connectivity index (χ4n) is 3.40. The number of thioether (sulfide) groups is 1. The number of hydrogen-bond acceptors (Lipinski definition) is 5. The molecule has 0 bridgehead atoms. The molecular formula is C23H18FN5O2S. The van der Waals surface area contributed by atoms with Crippen molar-refractivity contribution >= 4 is 28.6 Å². The van der Waals surface area contributed by atoms with Crippen LogP contribution in [0.1, 0.15) is 5.76 Å². The van der Waals surface area contributed by atoms with Crippen LogP contribution in [0.4, 0.5) is 4.39 Å². The summed E-state index contributed by atoms with van der Waals surface area (Å²) < 4.78 is 20.6.